The lowest BCUT2D eigenvalue weighted by Crippen LogP contribution is -2.53. The fraction of sp³-hybridized carbons (Fsp3) is 0.381. The predicted molar refractivity (Wildman–Crippen MR) is 97.6 cm³/mol. The zero-order chi connectivity index (χ0) is 24.6. The Morgan fingerprint density at radius 2 is 1.55 bits per heavy atom. The third kappa shape index (κ3) is 5.44. The average molecular weight is 483 g/mol. The largest absolute Gasteiger partial charge is 0.416 e. The highest BCUT2D eigenvalue weighted by Crippen LogP contribution is 2.38. The van der Waals surface area contributed by atoms with E-state index in [1.165, 1.54) is 0 Å². The van der Waals surface area contributed by atoms with Crippen LogP contribution in [0.5, 0.6) is 0 Å². The third-order valence-corrected chi connectivity index (χ3v) is 5.25. The van der Waals surface area contributed by atoms with Gasteiger partial charge in [-0.25, -0.2) is 8.78 Å². The van der Waals surface area contributed by atoms with Crippen LogP contribution in [0, 0.1) is 11.6 Å². The molecule has 2 aromatic carbocycles. The molecular weight excluding hydrogens is 466 g/mol. The van der Waals surface area contributed by atoms with Crippen molar-refractivity contribution in [1.82, 2.24) is 4.90 Å². The topological polar surface area (TPSA) is 49.8 Å². The number of morpholine rings is 1. The van der Waals surface area contributed by atoms with Crippen LogP contribution in [0.2, 0.25) is 0 Å². The summed E-state index contributed by atoms with van der Waals surface area (Å²) >= 11 is 0. The highest BCUT2D eigenvalue weighted by molar-refractivity contribution is 5.78. The molecule has 0 radical (unpaired) electrons. The van der Waals surface area contributed by atoms with Gasteiger partial charge in [0.15, 0.2) is 11.6 Å². The number of rotatable bonds is 5. The van der Waals surface area contributed by atoms with Crippen LogP contribution in [0.4, 0.5) is 35.1 Å². The zero-order valence-electron chi connectivity index (χ0n) is 16.7. The lowest BCUT2D eigenvalue weighted by Gasteiger charge is -2.43. The van der Waals surface area contributed by atoms with E-state index in [1.807, 2.05) is 0 Å². The summed E-state index contributed by atoms with van der Waals surface area (Å²) in [7, 11) is 0. The second kappa shape index (κ2) is 8.90. The maximum atomic E-state index is 13.8. The summed E-state index contributed by atoms with van der Waals surface area (Å²) in [5, 5.41) is 9.46. The normalized spacial score (nSPS) is 19.8. The zero-order valence-corrected chi connectivity index (χ0v) is 16.7. The highest BCUT2D eigenvalue weighted by atomic mass is 19.4. The molecule has 0 aromatic heterocycles. The van der Waals surface area contributed by atoms with Crippen molar-refractivity contribution >= 4 is 5.91 Å². The van der Waals surface area contributed by atoms with Gasteiger partial charge in [0, 0.05) is 19.6 Å². The summed E-state index contributed by atoms with van der Waals surface area (Å²) in [5.74, 6) is -3.13. The van der Waals surface area contributed by atoms with Crippen molar-refractivity contribution in [2.45, 2.75) is 30.9 Å². The minimum atomic E-state index is -5.06. The Bertz CT molecular complexity index is 1000. The molecule has 180 valence electrons. The van der Waals surface area contributed by atoms with E-state index in [0.717, 1.165) is 23.1 Å². The van der Waals surface area contributed by atoms with E-state index >= 15 is 0 Å². The number of aliphatic hydroxyl groups excluding tert-OH is 1. The van der Waals surface area contributed by atoms with Gasteiger partial charge in [-0.05, 0) is 41.5 Å². The van der Waals surface area contributed by atoms with Gasteiger partial charge >= 0.3 is 12.4 Å². The molecule has 1 saturated heterocycles. The van der Waals surface area contributed by atoms with Crippen molar-refractivity contribution in [3.63, 3.8) is 0 Å². The van der Waals surface area contributed by atoms with Gasteiger partial charge in [-0.2, -0.15) is 26.3 Å². The van der Waals surface area contributed by atoms with Crippen molar-refractivity contribution in [1.29, 1.82) is 0 Å². The predicted octanol–water partition coefficient (Wildman–Crippen LogP) is 4.64. The molecule has 1 heterocycles. The van der Waals surface area contributed by atoms with Crippen LogP contribution in [0.3, 0.4) is 0 Å². The number of aliphatic hydroxyl groups is 1. The third-order valence-electron chi connectivity index (χ3n) is 5.25. The molecule has 3 rings (SSSR count). The molecule has 1 fully saturated rings. The van der Waals surface area contributed by atoms with Gasteiger partial charge in [0.05, 0.1) is 17.7 Å². The first-order valence-corrected chi connectivity index (χ1v) is 9.52. The Morgan fingerprint density at radius 1 is 0.939 bits per heavy atom. The minimum Gasteiger partial charge on any atom is -0.396 e. The fourth-order valence-electron chi connectivity index (χ4n) is 3.64. The molecule has 2 aromatic rings. The first kappa shape index (κ1) is 24.9. The quantitative estimate of drug-likeness (QED) is 0.631. The highest BCUT2D eigenvalue weighted by Gasteiger charge is 2.42. The first-order chi connectivity index (χ1) is 15.2. The number of hydrogen-bond acceptors (Lipinski definition) is 3. The van der Waals surface area contributed by atoms with Crippen molar-refractivity contribution < 1.29 is 49.8 Å². The number of carbonyl (C=O) groups is 1. The van der Waals surface area contributed by atoms with Crippen LogP contribution in [-0.2, 0) is 34.0 Å². The molecule has 0 saturated carbocycles. The van der Waals surface area contributed by atoms with Crippen LogP contribution >= 0.6 is 0 Å². The Morgan fingerprint density at radius 3 is 2.06 bits per heavy atom. The molecule has 1 aliphatic heterocycles. The number of hydrogen-bond donors (Lipinski definition) is 1. The fourth-order valence-corrected chi connectivity index (χ4v) is 3.64. The molecule has 1 aliphatic rings. The molecule has 0 aliphatic carbocycles. The van der Waals surface area contributed by atoms with E-state index in [-0.39, 0.29) is 18.1 Å². The maximum absolute atomic E-state index is 13.8. The molecule has 1 atom stereocenters. The van der Waals surface area contributed by atoms with Gasteiger partial charge in [0.1, 0.15) is 12.2 Å². The lowest BCUT2D eigenvalue weighted by molar-refractivity contribution is -0.169. The molecule has 1 N–H and O–H groups in total. The number of alkyl halides is 6. The molecule has 1 amide bonds. The molecule has 12 heteroatoms. The van der Waals surface area contributed by atoms with Gasteiger partial charge in [-0.3, -0.25) is 4.79 Å². The van der Waals surface area contributed by atoms with Gasteiger partial charge in [-0.1, -0.05) is 6.07 Å². The van der Waals surface area contributed by atoms with Gasteiger partial charge in [0.25, 0.3) is 0 Å². The monoisotopic (exact) mass is 483 g/mol. The number of ether oxygens (including phenoxy) is 1. The van der Waals surface area contributed by atoms with E-state index in [9.17, 15) is 45.0 Å². The Kier molecular flexibility index (Phi) is 6.72. The lowest BCUT2D eigenvalue weighted by atomic mass is 9.88. The summed E-state index contributed by atoms with van der Waals surface area (Å²) in [6, 6.07) is 3.74. The van der Waals surface area contributed by atoms with Gasteiger partial charge < -0.3 is 14.7 Å². The van der Waals surface area contributed by atoms with E-state index < -0.39 is 78.5 Å². The molecule has 4 nitrogen and oxygen atoms in total. The maximum Gasteiger partial charge on any atom is 0.416 e. The number of halogens is 8. The minimum absolute atomic E-state index is 0.0258. The molecule has 0 bridgehead atoms. The second-order valence-electron chi connectivity index (χ2n) is 7.55. The molecule has 33 heavy (non-hydrogen) atoms. The van der Waals surface area contributed by atoms with Crippen molar-refractivity contribution in [2.75, 3.05) is 19.8 Å². The second-order valence-corrected chi connectivity index (χ2v) is 7.55. The first-order valence-electron chi connectivity index (χ1n) is 9.52. The van der Waals surface area contributed by atoms with Crippen LogP contribution < -0.4 is 0 Å². The van der Waals surface area contributed by atoms with E-state index in [0.29, 0.717) is 12.1 Å². The van der Waals surface area contributed by atoms with E-state index in [4.69, 9.17) is 4.74 Å². The van der Waals surface area contributed by atoms with Crippen LogP contribution in [-0.4, -0.2) is 35.7 Å². The van der Waals surface area contributed by atoms with Crippen molar-refractivity contribution in [3.8, 4) is 0 Å². The summed E-state index contributed by atoms with van der Waals surface area (Å²) < 4.78 is 112. The summed E-state index contributed by atoms with van der Waals surface area (Å²) in [6.45, 7) is -2.20. The van der Waals surface area contributed by atoms with Gasteiger partial charge in [0.2, 0.25) is 5.91 Å². The van der Waals surface area contributed by atoms with E-state index in [1.54, 1.807) is 0 Å². The Hall–Kier alpha value is -2.73. The molecule has 1 unspecified atom stereocenters. The van der Waals surface area contributed by atoms with Crippen LogP contribution in [0.1, 0.15) is 28.7 Å². The Labute approximate surface area is 182 Å². The van der Waals surface area contributed by atoms with Crippen LogP contribution in [0.15, 0.2) is 36.4 Å². The number of carbonyl (C=O) groups excluding carboxylic acids is 1. The number of benzene rings is 2. The summed E-state index contributed by atoms with van der Waals surface area (Å²) in [6.07, 6.45) is -10.3. The van der Waals surface area contributed by atoms with Crippen molar-refractivity contribution in [2.24, 2.45) is 0 Å². The Balaban J connectivity index is 1.99. The smallest absolute Gasteiger partial charge is 0.396 e. The number of nitrogens with zero attached hydrogens (tertiary/aromatic N) is 1. The summed E-state index contributed by atoms with van der Waals surface area (Å²) in [5.41, 5.74) is -5.00. The average Bonchev–Trinajstić information content (AvgIpc) is 2.71. The SMILES string of the molecule is O=C1COC(CCO)(c2ccc(F)c(F)c2)CN1Cc1cc(C(F)(F)F)cc(C(F)(F)F)c1. The van der Waals surface area contributed by atoms with Crippen LogP contribution in [0.25, 0.3) is 0 Å². The standard InChI is InChI=1S/C21H17F8NO3/c22-16-2-1-13(8-17(16)23)19(3-4-31)11-30(18(32)10-33-19)9-12-5-14(20(24,25)26)7-15(6-12)21(27,28)29/h1-2,5-8,31H,3-4,9-11H2. The molecular formula is C21H17F8NO3. The number of amides is 1. The summed E-state index contributed by atoms with van der Waals surface area (Å²) in [4.78, 5) is 13.3. The van der Waals surface area contributed by atoms with Crippen molar-refractivity contribution in [3.05, 3.63) is 70.3 Å². The van der Waals surface area contributed by atoms with E-state index in [2.05, 4.69) is 0 Å². The molecule has 0 spiro atoms. The van der Waals surface area contributed by atoms with Gasteiger partial charge in [-0.15, -0.1) is 0 Å².